The Morgan fingerprint density at radius 1 is 1.10 bits per heavy atom. The number of aryl methyl sites for hydroxylation is 1. The van der Waals surface area contributed by atoms with Gasteiger partial charge in [0.05, 0.1) is 4.90 Å². The number of anilines is 1. The second kappa shape index (κ2) is 9.04. The minimum atomic E-state index is -3.87. The molecule has 1 aliphatic rings. The number of sulfonamides is 1. The first-order valence-electron chi connectivity index (χ1n) is 9.73. The molecule has 0 spiro atoms. The van der Waals surface area contributed by atoms with Crippen LogP contribution in [-0.4, -0.2) is 57.4 Å². The van der Waals surface area contributed by atoms with Gasteiger partial charge in [-0.2, -0.15) is 0 Å². The number of amides is 1. The zero-order chi connectivity index (χ0) is 21.0. The number of nitrogens with zero attached hydrogens (tertiary/aromatic N) is 2. The van der Waals surface area contributed by atoms with E-state index in [0.717, 1.165) is 31.7 Å². The van der Waals surface area contributed by atoms with E-state index in [0.29, 0.717) is 17.7 Å². The van der Waals surface area contributed by atoms with Crippen molar-refractivity contribution in [2.24, 2.45) is 5.14 Å². The van der Waals surface area contributed by atoms with Crippen LogP contribution >= 0.6 is 0 Å². The lowest BCUT2D eigenvalue weighted by atomic mass is 10.0. The van der Waals surface area contributed by atoms with Crippen LogP contribution in [0.2, 0.25) is 0 Å². The number of hydrogen-bond donors (Lipinski definition) is 2. The number of nitrogens with one attached hydrogen (secondary N) is 1. The Bertz CT molecular complexity index is 955. The van der Waals surface area contributed by atoms with E-state index in [9.17, 15) is 13.2 Å². The Labute approximate surface area is 172 Å². The Kier molecular flexibility index (Phi) is 6.69. The van der Waals surface area contributed by atoms with Crippen molar-refractivity contribution in [3.8, 4) is 0 Å². The highest BCUT2D eigenvalue weighted by Crippen LogP contribution is 2.26. The third-order valence-corrected chi connectivity index (χ3v) is 6.28. The van der Waals surface area contributed by atoms with E-state index in [1.807, 2.05) is 37.3 Å². The van der Waals surface area contributed by atoms with Gasteiger partial charge in [0, 0.05) is 31.9 Å². The van der Waals surface area contributed by atoms with Gasteiger partial charge in [0.2, 0.25) is 15.9 Å². The quantitative estimate of drug-likeness (QED) is 0.749. The zero-order valence-corrected chi connectivity index (χ0v) is 17.7. The van der Waals surface area contributed by atoms with E-state index >= 15 is 0 Å². The number of carbonyl (C=O) groups is 1. The van der Waals surface area contributed by atoms with Gasteiger partial charge in [0.25, 0.3) is 0 Å². The summed E-state index contributed by atoms with van der Waals surface area (Å²) in [6.07, 6.45) is 0.536. The summed E-state index contributed by atoms with van der Waals surface area (Å²) in [4.78, 5) is 17.7. The first-order valence-corrected chi connectivity index (χ1v) is 11.3. The molecule has 0 bridgehead atoms. The molecule has 2 aromatic rings. The minimum absolute atomic E-state index is 0.0497. The van der Waals surface area contributed by atoms with Gasteiger partial charge in [-0.15, -0.1) is 0 Å². The topological polar surface area (TPSA) is 95.7 Å². The third-order valence-electron chi connectivity index (χ3n) is 5.29. The Morgan fingerprint density at radius 2 is 1.76 bits per heavy atom. The smallest absolute Gasteiger partial charge is 0.246 e. The minimum Gasteiger partial charge on any atom is -0.324 e. The normalized spacial score (nSPS) is 17.1. The molecule has 3 rings (SSSR count). The molecular weight excluding hydrogens is 388 g/mol. The van der Waals surface area contributed by atoms with Crippen LogP contribution in [-0.2, 0) is 21.2 Å². The number of nitrogens with two attached hydrogens (primary N) is 1. The Hall–Kier alpha value is -2.26. The molecule has 8 heteroatoms. The van der Waals surface area contributed by atoms with Crippen molar-refractivity contribution in [1.29, 1.82) is 0 Å². The summed E-state index contributed by atoms with van der Waals surface area (Å²) in [5, 5.41) is 8.26. The lowest BCUT2D eigenvalue weighted by Crippen LogP contribution is -2.48. The van der Waals surface area contributed by atoms with E-state index in [1.54, 1.807) is 12.1 Å². The molecule has 0 aromatic heterocycles. The Morgan fingerprint density at radius 3 is 2.34 bits per heavy atom. The summed E-state index contributed by atoms with van der Waals surface area (Å²) in [5.41, 5.74) is 1.96. The monoisotopic (exact) mass is 416 g/mol. The predicted octanol–water partition coefficient (Wildman–Crippen LogP) is 1.82. The number of rotatable bonds is 6. The van der Waals surface area contributed by atoms with Gasteiger partial charge in [0.1, 0.15) is 6.04 Å². The summed E-state index contributed by atoms with van der Waals surface area (Å²) in [6.45, 7) is 5.19. The van der Waals surface area contributed by atoms with Crippen molar-refractivity contribution in [2.45, 2.75) is 24.3 Å². The van der Waals surface area contributed by atoms with Crippen LogP contribution in [0, 0.1) is 0 Å². The molecule has 1 unspecified atom stereocenters. The van der Waals surface area contributed by atoms with E-state index < -0.39 is 16.1 Å². The van der Waals surface area contributed by atoms with Crippen LogP contribution in [0.1, 0.15) is 24.1 Å². The van der Waals surface area contributed by atoms with Crippen LogP contribution in [0.5, 0.6) is 0 Å². The molecule has 1 atom stereocenters. The van der Waals surface area contributed by atoms with E-state index in [2.05, 4.69) is 22.2 Å². The molecule has 1 saturated heterocycles. The number of piperazine rings is 1. The van der Waals surface area contributed by atoms with Gasteiger partial charge in [-0.05, 0) is 36.7 Å². The second-order valence-corrected chi connectivity index (χ2v) is 8.89. The largest absolute Gasteiger partial charge is 0.324 e. The van der Waals surface area contributed by atoms with Crippen molar-refractivity contribution in [1.82, 2.24) is 9.80 Å². The number of primary sulfonamides is 1. The molecule has 3 N–H and O–H groups in total. The van der Waals surface area contributed by atoms with Crippen LogP contribution in [0.4, 0.5) is 5.69 Å². The van der Waals surface area contributed by atoms with Crippen molar-refractivity contribution in [3.05, 3.63) is 59.7 Å². The third kappa shape index (κ3) is 5.22. The van der Waals surface area contributed by atoms with Gasteiger partial charge < -0.3 is 10.2 Å². The highest BCUT2D eigenvalue weighted by Gasteiger charge is 2.30. The lowest BCUT2D eigenvalue weighted by molar-refractivity contribution is -0.122. The molecule has 0 saturated carbocycles. The Balaban J connectivity index is 1.89. The second-order valence-electron chi connectivity index (χ2n) is 7.36. The molecule has 0 aliphatic carbocycles. The van der Waals surface area contributed by atoms with Crippen LogP contribution in [0.3, 0.4) is 0 Å². The highest BCUT2D eigenvalue weighted by molar-refractivity contribution is 7.89. The molecule has 156 valence electrons. The standard InChI is InChI=1S/C21H28N4O3S/c1-3-16-9-10-18(15-19(16)29(22,27)28)23-21(26)20(17-7-5-4-6-8-17)25-13-11-24(2)12-14-25/h4-10,15,20H,3,11-14H2,1-2H3,(H,23,26)(H2,22,27,28). The maximum Gasteiger partial charge on any atom is 0.246 e. The molecule has 29 heavy (non-hydrogen) atoms. The SMILES string of the molecule is CCc1ccc(NC(=O)C(c2ccccc2)N2CCN(C)CC2)cc1S(N)(=O)=O. The highest BCUT2D eigenvalue weighted by atomic mass is 32.2. The molecule has 1 heterocycles. The van der Waals surface area contributed by atoms with Gasteiger partial charge in [0.15, 0.2) is 0 Å². The molecule has 1 fully saturated rings. The molecule has 7 nitrogen and oxygen atoms in total. The average Bonchev–Trinajstić information content (AvgIpc) is 2.70. The summed E-state index contributed by atoms with van der Waals surface area (Å²) >= 11 is 0. The van der Waals surface area contributed by atoms with Crippen LogP contribution < -0.4 is 10.5 Å². The fraction of sp³-hybridized carbons (Fsp3) is 0.381. The van der Waals surface area contributed by atoms with Crippen molar-refractivity contribution in [3.63, 3.8) is 0 Å². The summed E-state index contributed by atoms with van der Waals surface area (Å²) < 4.78 is 23.9. The predicted molar refractivity (Wildman–Crippen MR) is 114 cm³/mol. The van der Waals surface area contributed by atoms with Gasteiger partial charge in [-0.25, -0.2) is 13.6 Å². The first kappa shape index (κ1) is 21.4. The fourth-order valence-corrected chi connectivity index (χ4v) is 4.51. The maximum atomic E-state index is 13.3. The molecule has 2 aromatic carbocycles. The summed E-state index contributed by atoms with van der Waals surface area (Å²) in [6, 6.07) is 14.1. The van der Waals surface area contributed by atoms with Crippen molar-refractivity contribution >= 4 is 21.6 Å². The van der Waals surface area contributed by atoms with Gasteiger partial charge in [-0.1, -0.05) is 43.3 Å². The van der Waals surface area contributed by atoms with Crippen LogP contribution in [0.25, 0.3) is 0 Å². The van der Waals surface area contributed by atoms with Gasteiger partial charge >= 0.3 is 0 Å². The molecular formula is C21H28N4O3S. The number of benzene rings is 2. The van der Waals surface area contributed by atoms with Crippen molar-refractivity contribution in [2.75, 3.05) is 38.5 Å². The number of likely N-dealkylation sites (N-methyl/N-ethyl adjacent to an activating group) is 1. The number of carbonyl (C=O) groups excluding carboxylic acids is 1. The maximum absolute atomic E-state index is 13.3. The summed E-state index contributed by atoms with van der Waals surface area (Å²) in [5.74, 6) is -0.189. The van der Waals surface area contributed by atoms with E-state index in [4.69, 9.17) is 5.14 Å². The van der Waals surface area contributed by atoms with Crippen LogP contribution in [0.15, 0.2) is 53.4 Å². The van der Waals surface area contributed by atoms with E-state index in [-0.39, 0.29) is 10.8 Å². The fourth-order valence-electron chi connectivity index (χ4n) is 3.64. The van der Waals surface area contributed by atoms with E-state index in [1.165, 1.54) is 6.07 Å². The average molecular weight is 417 g/mol. The number of hydrogen-bond acceptors (Lipinski definition) is 5. The first-order chi connectivity index (χ1) is 13.8. The van der Waals surface area contributed by atoms with Crippen molar-refractivity contribution < 1.29 is 13.2 Å². The zero-order valence-electron chi connectivity index (χ0n) is 16.8. The summed E-state index contributed by atoms with van der Waals surface area (Å²) in [7, 11) is -1.80. The molecule has 1 amide bonds. The lowest BCUT2D eigenvalue weighted by Gasteiger charge is -2.37. The molecule has 0 radical (unpaired) electrons. The molecule has 1 aliphatic heterocycles. The van der Waals surface area contributed by atoms with Gasteiger partial charge in [-0.3, -0.25) is 9.69 Å².